The standard InChI is InChI=1S/C12H22N4/c1-10-9-11(15-7-5-13-6-8-15)16(14-10)12(2,3)4/h9,13H,5-8H2,1-4H3. The molecule has 0 amide bonds. The van der Waals surface area contributed by atoms with Gasteiger partial charge in [0.15, 0.2) is 0 Å². The molecule has 1 aliphatic rings. The van der Waals surface area contributed by atoms with Crippen molar-refractivity contribution in [3.05, 3.63) is 11.8 Å². The maximum atomic E-state index is 4.61. The van der Waals surface area contributed by atoms with Crippen LogP contribution >= 0.6 is 0 Å². The van der Waals surface area contributed by atoms with Gasteiger partial charge in [-0.15, -0.1) is 0 Å². The first-order valence-electron chi connectivity index (χ1n) is 6.01. The molecule has 4 nitrogen and oxygen atoms in total. The van der Waals surface area contributed by atoms with Gasteiger partial charge in [0.05, 0.1) is 11.2 Å². The van der Waals surface area contributed by atoms with Crippen molar-refractivity contribution in [1.29, 1.82) is 0 Å². The van der Waals surface area contributed by atoms with E-state index in [1.165, 1.54) is 5.82 Å². The molecule has 2 heterocycles. The molecule has 2 rings (SSSR count). The fourth-order valence-corrected chi connectivity index (χ4v) is 2.10. The Labute approximate surface area is 97.6 Å². The molecule has 0 aliphatic carbocycles. The Kier molecular flexibility index (Phi) is 2.93. The highest BCUT2D eigenvalue weighted by atomic mass is 15.4. The number of nitrogens with one attached hydrogen (secondary N) is 1. The Balaban J connectivity index is 2.31. The molecule has 1 N–H and O–H groups in total. The molecule has 0 saturated carbocycles. The van der Waals surface area contributed by atoms with E-state index in [4.69, 9.17) is 0 Å². The molecule has 0 spiro atoms. The van der Waals surface area contributed by atoms with E-state index in [1.807, 2.05) is 0 Å². The zero-order valence-electron chi connectivity index (χ0n) is 10.7. The summed E-state index contributed by atoms with van der Waals surface area (Å²) in [6, 6.07) is 2.19. The van der Waals surface area contributed by atoms with Crippen molar-refractivity contribution >= 4 is 5.82 Å². The topological polar surface area (TPSA) is 33.1 Å². The van der Waals surface area contributed by atoms with Gasteiger partial charge in [0, 0.05) is 32.2 Å². The van der Waals surface area contributed by atoms with Gasteiger partial charge in [-0.05, 0) is 27.7 Å². The molecular weight excluding hydrogens is 200 g/mol. The number of hydrogen-bond donors (Lipinski definition) is 1. The lowest BCUT2D eigenvalue weighted by Crippen LogP contribution is -2.45. The average Bonchev–Trinajstić information content (AvgIpc) is 2.61. The van der Waals surface area contributed by atoms with Crippen LogP contribution in [0.4, 0.5) is 5.82 Å². The zero-order valence-corrected chi connectivity index (χ0v) is 10.7. The fourth-order valence-electron chi connectivity index (χ4n) is 2.10. The first-order chi connectivity index (χ1) is 7.48. The van der Waals surface area contributed by atoms with Crippen LogP contribution in [0.1, 0.15) is 26.5 Å². The Bertz CT molecular complexity index is 356. The first kappa shape index (κ1) is 11.5. The summed E-state index contributed by atoms with van der Waals surface area (Å²) in [5.41, 5.74) is 1.15. The van der Waals surface area contributed by atoms with E-state index in [1.54, 1.807) is 0 Å². The maximum Gasteiger partial charge on any atom is 0.127 e. The van der Waals surface area contributed by atoms with Crippen molar-refractivity contribution < 1.29 is 0 Å². The van der Waals surface area contributed by atoms with Crippen molar-refractivity contribution in [2.24, 2.45) is 0 Å². The van der Waals surface area contributed by atoms with Crippen LogP contribution in [0.5, 0.6) is 0 Å². The second-order valence-electron chi connectivity index (χ2n) is 5.46. The lowest BCUT2D eigenvalue weighted by atomic mass is 10.1. The first-order valence-corrected chi connectivity index (χ1v) is 6.01. The van der Waals surface area contributed by atoms with Gasteiger partial charge in [0.1, 0.15) is 5.82 Å². The normalized spacial score (nSPS) is 17.9. The number of nitrogens with zero attached hydrogens (tertiary/aromatic N) is 3. The Morgan fingerprint density at radius 1 is 1.25 bits per heavy atom. The molecule has 1 saturated heterocycles. The molecule has 1 aromatic heterocycles. The van der Waals surface area contributed by atoms with Crippen molar-refractivity contribution in [2.75, 3.05) is 31.1 Å². The van der Waals surface area contributed by atoms with Crippen LogP contribution in [0, 0.1) is 6.92 Å². The van der Waals surface area contributed by atoms with Gasteiger partial charge in [-0.25, -0.2) is 4.68 Å². The molecule has 0 unspecified atom stereocenters. The summed E-state index contributed by atoms with van der Waals surface area (Å²) in [6.45, 7) is 12.9. The fraction of sp³-hybridized carbons (Fsp3) is 0.750. The Morgan fingerprint density at radius 3 is 2.44 bits per heavy atom. The molecule has 4 heteroatoms. The molecule has 0 atom stereocenters. The minimum absolute atomic E-state index is 0.0501. The van der Waals surface area contributed by atoms with Gasteiger partial charge < -0.3 is 10.2 Å². The highest BCUT2D eigenvalue weighted by Crippen LogP contribution is 2.24. The molecule has 0 aromatic carbocycles. The number of aromatic nitrogens is 2. The maximum absolute atomic E-state index is 4.61. The lowest BCUT2D eigenvalue weighted by molar-refractivity contribution is 0.352. The Morgan fingerprint density at radius 2 is 1.88 bits per heavy atom. The summed E-state index contributed by atoms with van der Waals surface area (Å²) < 4.78 is 2.15. The van der Waals surface area contributed by atoms with E-state index < -0.39 is 0 Å². The van der Waals surface area contributed by atoms with Crippen LogP contribution in [0.25, 0.3) is 0 Å². The zero-order chi connectivity index (χ0) is 11.8. The van der Waals surface area contributed by atoms with Gasteiger partial charge in [-0.3, -0.25) is 0 Å². The van der Waals surface area contributed by atoms with Gasteiger partial charge in [-0.2, -0.15) is 5.10 Å². The minimum Gasteiger partial charge on any atom is -0.354 e. The second kappa shape index (κ2) is 4.09. The quantitative estimate of drug-likeness (QED) is 0.779. The summed E-state index contributed by atoms with van der Waals surface area (Å²) >= 11 is 0. The number of piperazine rings is 1. The molecule has 0 radical (unpaired) electrons. The third kappa shape index (κ3) is 2.21. The monoisotopic (exact) mass is 222 g/mol. The van der Waals surface area contributed by atoms with E-state index in [2.05, 4.69) is 53.8 Å². The Hall–Kier alpha value is -1.03. The van der Waals surface area contributed by atoms with Crippen LogP contribution in [-0.4, -0.2) is 36.0 Å². The number of anilines is 1. The molecule has 0 bridgehead atoms. The van der Waals surface area contributed by atoms with Crippen LogP contribution in [-0.2, 0) is 5.54 Å². The number of rotatable bonds is 1. The molecule has 1 aromatic rings. The van der Waals surface area contributed by atoms with Crippen LogP contribution in [0.15, 0.2) is 6.07 Å². The predicted octanol–water partition coefficient (Wildman–Crippen LogP) is 1.36. The summed E-state index contributed by atoms with van der Waals surface area (Å²) in [5.74, 6) is 1.26. The highest BCUT2D eigenvalue weighted by molar-refractivity contribution is 5.42. The minimum atomic E-state index is 0.0501. The van der Waals surface area contributed by atoms with E-state index >= 15 is 0 Å². The van der Waals surface area contributed by atoms with E-state index in [9.17, 15) is 0 Å². The number of aryl methyl sites for hydroxylation is 1. The second-order valence-corrected chi connectivity index (χ2v) is 5.46. The van der Waals surface area contributed by atoms with Crippen molar-refractivity contribution in [3.8, 4) is 0 Å². The predicted molar refractivity (Wildman–Crippen MR) is 67.0 cm³/mol. The van der Waals surface area contributed by atoms with E-state index in [0.717, 1.165) is 31.9 Å². The molecule has 90 valence electrons. The largest absolute Gasteiger partial charge is 0.354 e. The summed E-state index contributed by atoms with van der Waals surface area (Å²) in [4.78, 5) is 2.42. The van der Waals surface area contributed by atoms with Crippen LogP contribution < -0.4 is 10.2 Å². The molecular formula is C12H22N4. The average molecular weight is 222 g/mol. The van der Waals surface area contributed by atoms with Gasteiger partial charge in [0.2, 0.25) is 0 Å². The third-order valence-electron chi connectivity index (χ3n) is 2.89. The van der Waals surface area contributed by atoms with E-state index in [-0.39, 0.29) is 5.54 Å². The summed E-state index contributed by atoms with van der Waals surface area (Å²) in [5, 5.41) is 7.99. The van der Waals surface area contributed by atoms with Crippen molar-refractivity contribution in [3.63, 3.8) is 0 Å². The lowest BCUT2D eigenvalue weighted by Gasteiger charge is -2.32. The van der Waals surface area contributed by atoms with Gasteiger partial charge in [0.25, 0.3) is 0 Å². The highest BCUT2D eigenvalue weighted by Gasteiger charge is 2.22. The number of hydrogen-bond acceptors (Lipinski definition) is 3. The van der Waals surface area contributed by atoms with Crippen LogP contribution in [0.2, 0.25) is 0 Å². The van der Waals surface area contributed by atoms with Crippen molar-refractivity contribution in [2.45, 2.75) is 33.2 Å². The SMILES string of the molecule is Cc1cc(N2CCNCC2)n(C(C)(C)C)n1. The van der Waals surface area contributed by atoms with Crippen LogP contribution in [0.3, 0.4) is 0 Å². The van der Waals surface area contributed by atoms with E-state index in [0.29, 0.717) is 0 Å². The van der Waals surface area contributed by atoms with Gasteiger partial charge in [-0.1, -0.05) is 0 Å². The van der Waals surface area contributed by atoms with Gasteiger partial charge >= 0.3 is 0 Å². The molecule has 16 heavy (non-hydrogen) atoms. The molecule has 1 fully saturated rings. The summed E-state index contributed by atoms with van der Waals surface area (Å²) in [6.07, 6.45) is 0. The summed E-state index contributed by atoms with van der Waals surface area (Å²) in [7, 11) is 0. The van der Waals surface area contributed by atoms with Crippen molar-refractivity contribution in [1.82, 2.24) is 15.1 Å². The molecule has 1 aliphatic heterocycles. The third-order valence-corrected chi connectivity index (χ3v) is 2.89. The smallest absolute Gasteiger partial charge is 0.127 e.